The Morgan fingerprint density at radius 2 is 1.93 bits per heavy atom. The molecule has 2 aliphatic rings. The number of hydrogen-bond acceptors (Lipinski definition) is 7. The number of benzene rings is 1. The Morgan fingerprint density at radius 1 is 1.21 bits per heavy atom. The van der Waals surface area contributed by atoms with Crippen LogP contribution in [0.25, 0.3) is 10.8 Å². The molecule has 0 aliphatic carbocycles. The fourth-order valence-corrected chi connectivity index (χ4v) is 4.17. The van der Waals surface area contributed by atoms with Gasteiger partial charge in [0.1, 0.15) is 29.8 Å². The van der Waals surface area contributed by atoms with Gasteiger partial charge in [-0.15, -0.1) is 0 Å². The lowest BCUT2D eigenvalue weighted by atomic mass is 10.1. The molecule has 0 saturated carbocycles. The van der Waals surface area contributed by atoms with Crippen LogP contribution in [0.2, 0.25) is 0 Å². The minimum atomic E-state index is -3.36. The lowest BCUT2D eigenvalue weighted by Gasteiger charge is -2.20. The molecule has 2 aliphatic heterocycles. The molecule has 28 heavy (non-hydrogen) atoms. The second-order valence-corrected chi connectivity index (χ2v) is 9.35. The number of pyridine rings is 1. The van der Waals surface area contributed by atoms with Crippen LogP contribution in [0.4, 0.5) is 0 Å². The van der Waals surface area contributed by atoms with Gasteiger partial charge in [0.05, 0.1) is 13.2 Å². The summed E-state index contributed by atoms with van der Waals surface area (Å²) in [7, 11) is -3.36. The van der Waals surface area contributed by atoms with Crippen molar-refractivity contribution in [3.63, 3.8) is 0 Å². The molecule has 3 heterocycles. The highest BCUT2D eigenvalue weighted by Gasteiger charge is 2.40. The van der Waals surface area contributed by atoms with Crippen molar-refractivity contribution < 1.29 is 27.4 Å². The number of sulfone groups is 1. The monoisotopic (exact) mass is 406 g/mol. The van der Waals surface area contributed by atoms with E-state index in [1.807, 2.05) is 24.3 Å². The summed E-state index contributed by atoms with van der Waals surface area (Å²) in [5, 5.41) is 1.96. The average molecular weight is 406 g/mol. The zero-order valence-corrected chi connectivity index (χ0v) is 16.3. The number of fused-ring (bicyclic) bond motifs is 2. The summed E-state index contributed by atoms with van der Waals surface area (Å²) in [6.45, 7) is 1.31. The first-order valence-electron chi connectivity index (χ1n) is 9.07. The first-order chi connectivity index (χ1) is 13.4. The average Bonchev–Trinajstić information content (AvgIpc) is 2.97. The van der Waals surface area contributed by atoms with Crippen LogP contribution < -0.4 is 4.74 Å². The number of amides is 1. The molecule has 150 valence electrons. The molecule has 0 N–H and O–H groups in total. The molecule has 0 spiro atoms. The van der Waals surface area contributed by atoms with Crippen LogP contribution in [0, 0.1) is 0 Å². The van der Waals surface area contributed by atoms with Gasteiger partial charge in [-0.2, -0.15) is 0 Å². The normalized spacial score (nSPS) is 23.4. The molecule has 2 saturated heterocycles. The Bertz CT molecular complexity index is 958. The highest BCUT2D eigenvalue weighted by molar-refractivity contribution is 7.91. The van der Waals surface area contributed by atoms with Gasteiger partial charge in [-0.3, -0.25) is 9.78 Å². The molecule has 0 unspecified atom stereocenters. The molecule has 9 heteroatoms. The second-order valence-electron chi connectivity index (χ2n) is 7.21. The summed E-state index contributed by atoms with van der Waals surface area (Å²) in [6.07, 6.45) is 3.72. The number of nitrogens with zero attached hydrogens (tertiary/aromatic N) is 2. The number of hydrogen-bond donors (Lipinski definition) is 0. The van der Waals surface area contributed by atoms with E-state index in [1.165, 1.54) is 4.90 Å². The molecule has 1 aromatic heterocycles. The molecule has 8 nitrogen and oxygen atoms in total. The van der Waals surface area contributed by atoms with Gasteiger partial charge in [-0.05, 0) is 12.1 Å². The Morgan fingerprint density at radius 3 is 2.61 bits per heavy atom. The lowest BCUT2D eigenvalue weighted by Crippen LogP contribution is -2.36. The first-order valence-corrected chi connectivity index (χ1v) is 11.1. The Hall–Kier alpha value is -2.23. The zero-order valence-electron chi connectivity index (χ0n) is 15.5. The highest BCUT2D eigenvalue weighted by Crippen LogP contribution is 2.27. The van der Waals surface area contributed by atoms with Crippen molar-refractivity contribution in [1.82, 2.24) is 9.88 Å². The van der Waals surface area contributed by atoms with Crippen molar-refractivity contribution in [1.29, 1.82) is 0 Å². The topological polar surface area (TPSA) is 95.0 Å². The third-order valence-electron chi connectivity index (χ3n) is 4.88. The number of ether oxygens (including phenoxy) is 3. The van der Waals surface area contributed by atoms with Crippen LogP contribution in [-0.4, -0.2) is 80.8 Å². The predicted octanol–water partition coefficient (Wildman–Crippen LogP) is 0.653. The minimum Gasteiger partial charge on any atom is -0.485 e. The van der Waals surface area contributed by atoms with Gasteiger partial charge in [0.2, 0.25) is 5.91 Å². The summed E-state index contributed by atoms with van der Waals surface area (Å²) in [5.74, 6) is -0.164. The number of carbonyl (C=O) groups excluding carboxylic acids is 1. The molecule has 0 bridgehead atoms. The molecule has 2 atom stereocenters. The number of carbonyl (C=O) groups is 1. The zero-order chi connectivity index (χ0) is 19.7. The molecule has 1 amide bonds. The summed E-state index contributed by atoms with van der Waals surface area (Å²) in [5.41, 5.74) is 0. The van der Waals surface area contributed by atoms with E-state index in [4.69, 9.17) is 14.2 Å². The molecular formula is C19H22N2O6S. The van der Waals surface area contributed by atoms with Crippen molar-refractivity contribution in [3.8, 4) is 5.75 Å². The fraction of sp³-hybridized carbons (Fsp3) is 0.474. The molecule has 4 rings (SSSR count). The minimum absolute atomic E-state index is 0.274. The van der Waals surface area contributed by atoms with E-state index < -0.39 is 21.5 Å². The molecular weight excluding hydrogens is 384 g/mol. The predicted molar refractivity (Wildman–Crippen MR) is 102 cm³/mol. The second kappa shape index (κ2) is 7.65. The SMILES string of the molecule is CS(=O)(=O)CC(=O)N1C[C@@H]2OCC(Oc3cccc4cnccc34)CO[C@H]2C1. The molecule has 2 aromatic rings. The van der Waals surface area contributed by atoms with Crippen LogP contribution in [0.5, 0.6) is 5.75 Å². The fourth-order valence-electron chi connectivity index (χ4n) is 3.54. The van der Waals surface area contributed by atoms with Crippen LogP contribution in [0.1, 0.15) is 0 Å². The first kappa shape index (κ1) is 19.1. The summed E-state index contributed by atoms with van der Waals surface area (Å²) in [4.78, 5) is 17.7. The van der Waals surface area contributed by atoms with E-state index in [-0.39, 0.29) is 18.3 Å². The largest absolute Gasteiger partial charge is 0.485 e. The third-order valence-corrected chi connectivity index (χ3v) is 5.65. The Labute approximate surface area is 163 Å². The molecule has 2 fully saturated rings. The van der Waals surface area contributed by atoms with Gasteiger partial charge in [-0.1, -0.05) is 12.1 Å². The van der Waals surface area contributed by atoms with Gasteiger partial charge in [0.15, 0.2) is 9.84 Å². The van der Waals surface area contributed by atoms with E-state index in [1.54, 1.807) is 12.4 Å². The van der Waals surface area contributed by atoms with E-state index in [2.05, 4.69) is 4.98 Å². The van der Waals surface area contributed by atoms with Gasteiger partial charge < -0.3 is 19.1 Å². The van der Waals surface area contributed by atoms with Crippen LogP contribution in [-0.2, 0) is 24.1 Å². The van der Waals surface area contributed by atoms with Gasteiger partial charge in [0, 0.05) is 42.5 Å². The summed E-state index contributed by atoms with van der Waals surface area (Å²) < 4.78 is 40.7. The van der Waals surface area contributed by atoms with Crippen molar-refractivity contribution in [2.24, 2.45) is 0 Å². The van der Waals surface area contributed by atoms with E-state index >= 15 is 0 Å². The van der Waals surface area contributed by atoms with Gasteiger partial charge >= 0.3 is 0 Å². The third kappa shape index (κ3) is 4.26. The Balaban J connectivity index is 1.38. The maximum Gasteiger partial charge on any atom is 0.237 e. The lowest BCUT2D eigenvalue weighted by molar-refractivity contribution is -0.128. The molecule has 0 radical (unpaired) electrons. The Kier molecular flexibility index (Phi) is 5.22. The smallest absolute Gasteiger partial charge is 0.237 e. The number of aromatic nitrogens is 1. The van der Waals surface area contributed by atoms with Crippen LogP contribution in [0.3, 0.4) is 0 Å². The van der Waals surface area contributed by atoms with Crippen LogP contribution >= 0.6 is 0 Å². The summed E-state index contributed by atoms with van der Waals surface area (Å²) >= 11 is 0. The standard InChI is InChI=1S/C19H22N2O6S/c1-28(23,24)12-19(22)21-8-17-18(9-21)26-11-14(10-25-17)27-16-4-2-3-13-7-20-6-5-15(13)16/h2-7,14,17-18H,8-12H2,1H3/t17-,18-/m0/s1. The van der Waals surface area contributed by atoms with Crippen LogP contribution in [0.15, 0.2) is 36.7 Å². The van der Waals surface area contributed by atoms with Crippen molar-refractivity contribution >= 4 is 26.5 Å². The maximum absolute atomic E-state index is 12.1. The van der Waals surface area contributed by atoms with E-state index in [9.17, 15) is 13.2 Å². The van der Waals surface area contributed by atoms with E-state index in [0.29, 0.717) is 26.3 Å². The quantitative estimate of drug-likeness (QED) is 0.736. The number of rotatable bonds is 4. The maximum atomic E-state index is 12.1. The van der Waals surface area contributed by atoms with Crippen molar-refractivity contribution in [2.75, 3.05) is 38.3 Å². The van der Waals surface area contributed by atoms with Crippen molar-refractivity contribution in [2.45, 2.75) is 18.3 Å². The molecule has 1 aromatic carbocycles. The highest BCUT2D eigenvalue weighted by atomic mass is 32.2. The summed E-state index contributed by atoms with van der Waals surface area (Å²) in [6, 6.07) is 7.70. The van der Waals surface area contributed by atoms with Crippen molar-refractivity contribution in [3.05, 3.63) is 36.7 Å². The van der Waals surface area contributed by atoms with Gasteiger partial charge in [0.25, 0.3) is 0 Å². The number of likely N-dealkylation sites (tertiary alicyclic amines) is 1. The van der Waals surface area contributed by atoms with E-state index in [0.717, 1.165) is 22.8 Å². The van der Waals surface area contributed by atoms with Gasteiger partial charge in [-0.25, -0.2) is 8.42 Å².